The molecule has 138 valence electrons. The van der Waals surface area contributed by atoms with Crippen LogP contribution < -0.4 is 10.1 Å². The van der Waals surface area contributed by atoms with Crippen molar-refractivity contribution < 1.29 is 18.3 Å². The van der Waals surface area contributed by atoms with Gasteiger partial charge in [0.25, 0.3) is 0 Å². The third kappa shape index (κ3) is 3.86. The number of thiol groups is 1. The van der Waals surface area contributed by atoms with Crippen LogP contribution >= 0.6 is 24.4 Å². The first-order chi connectivity index (χ1) is 12.4. The van der Waals surface area contributed by atoms with Crippen molar-refractivity contribution in [3.05, 3.63) is 52.7 Å². The fourth-order valence-corrected chi connectivity index (χ4v) is 3.10. The van der Waals surface area contributed by atoms with Crippen LogP contribution in [0.3, 0.4) is 0 Å². The summed E-state index contributed by atoms with van der Waals surface area (Å²) in [4.78, 5) is 16.2. The van der Waals surface area contributed by atoms with Gasteiger partial charge in [0.15, 0.2) is 11.6 Å². The Hall–Kier alpha value is -2.06. The number of nitrogens with one attached hydrogen (secondary N) is 1. The molecule has 5 nitrogen and oxygen atoms in total. The highest BCUT2D eigenvalue weighted by molar-refractivity contribution is 7.78. The van der Waals surface area contributed by atoms with Gasteiger partial charge in [-0.1, -0.05) is 24.4 Å². The van der Waals surface area contributed by atoms with E-state index in [1.807, 2.05) is 0 Å². The van der Waals surface area contributed by atoms with E-state index in [0.29, 0.717) is 17.3 Å². The number of hydrogen-bond acceptors (Lipinski definition) is 4. The van der Waals surface area contributed by atoms with E-state index in [0.717, 1.165) is 4.31 Å². The molecule has 1 fully saturated rings. The Kier molecular flexibility index (Phi) is 5.52. The van der Waals surface area contributed by atoms with E-state index in [4.69, 9.17) is 16.3 Å². The summed E-state index contributed by atoms with van der Waals surface area (Å²) in [5.74, 6) is -1.60. The summed E-state index contributed by atoms with van der Waals surface area (Å²) in [5, 5.41) is 2.99. The number of ether oxygens (including phenoxy) is 1. The van der Waals surface area contributed by atoms with E-state index >= 15 is 0 Å². The van der Waals surface area contributed by atoms with Crippen molar-refractivity contribution in [2.24, 2.45) is 0 Å². The predicted octanol–water partition coefficient (Wildman–Crippen LogP) is 4.65. The van der Waals surface area contributed by atoms with Crippen molar-refractivity contribution >= 4 is 36.3 Å². The number of benzene rings is 1. The quantitative estimate of drug-likeness (QED) is 0.720. The maximum absolute atomic E-state index is 14.5. The van der Waals surface area contributed by atoms with Gasteiger partial charge in [-0.3, -0.25) is 9.62 Å². The third-order valence-electron chi connectivity index (χ3n) is 4.00. The number of halogens is 3. The lowest BCUT2D eigenvalue weighted by Crippen LogP contribution is -2.30. The average Bonchev–Trinajstić information content (AvgIpc) is 3.39. The lowest BCUT2D eigenvalue weighted by Gasteiger charge is -2.17. The molecule has 1 aromatic heterocycles. The molecule has 0 aliphatic heterocycles. The van der Waals surface area contributed by atoms with Crippen LogP contribution in [0.1, 0.15) is 24.8 Å². The number of amides is 2. The molecule has 1 aromatic carbocycles. The Balaban J connectivity index is 1.70. The molecular formula is C17H16ClF2N3O2S. The summed E-state index contributed by atoms with van der Waals surface area (Å²) >= 11 is 9.91. The minimum atomic E-state index is -0.735. The monoisotopic (exact) mass is 399 g/mol. The SMILES string of the molecule is CCOc1ccc(F)c(C2CC2N(S)C(=O)Nc2ccc(Cl)cn2)c1F. The van der Waals surface area contributed by atoms with Gasteiger partial charge in [-0.15, -0.1) is 0 Å². The molecule has 9 heteroatoms. The topological polar surface area (TPSA) is 54.5 Å². The van der Waals surface area contributed by atoms with Gasteiger partial charge in [-0.2, -0.15) is 0 Å². The molecule has 1 N–H and O–H groups in total. The van der Waals surface area contributed by atoms with Crippen LogP contribution in [0.4, 0.5) is 19.4 Å². The first-order valence-corrected chi connectivity index (χ1v) is 8.71. The molecule has 3 rings (SSSR count). The zero-order chi connectivity index (χ0) is 18.8. The zero-order valence-electron chi connectivity index (χ0n) is 13.7. The van der Waals surface area contributed by atoms with Crippen molar-refractivity contribution in [1.82, 2.24) is 9.29 Å². The van der Waals surface area contributed by atoms with Crippen LogP contribution in [-0.4, -0.2) is 28.0 Å². The van der Waals surface area contributed by atoms with Gasteiger partial charge in [0.05, 0.1) is 17.7 Å². The molecule has 1 heterocycles. The van der Waals surface area contributed by atoms with Crippen LogP contribution in [0.5, 0.6) is 5.75 Å². The number of aromatic nitrogens is 1. The number of nitrogens with zero attached hydrogens (tertiary/aromatic N) is 2. The Labute approximate surface area is 159 Å². The third-order valence-corrected chi connectivity index (χ3v) is 4.70. The second kappa shape index (κ2) is 7.67. The number of rotatable bonds is 5. The number of urea groups is 1. The molecular weight excluding hydrogens is 384 g/mol. The zero-order valence-corrected chi connectivity index (χ0v) is 15.4. The Morgan fingerprint density at radius 3 is 2.85 bits per heavy atom. The standard InChI is InChI=1S/C17H16ClF2N3O2S/c1-2-25-13-5-4-11(19)15(16(13)20)10-7-12(10)23(26)17(24)22-14-6-3-9(18)8-21-14/h3-6,8,10,12,26H,2,7H2,1H3,(H,21,22,24). The van der Waals surface area contributed by atoms with Gasteiger partial charge in [0.1, 0.15) is 11.6 Å². The Morgan fingerprint density at radius 1 is 1.42 bits per heavy atom. The minimum Gasteiger partial charge on any atom is -0.491 e. The molecule has 0 bridgehead atoms. The van der Waals surface area contributed by atoms with Gasteiger partial charge in [0, 0.05) is 17.7 Å². The average molecular weight is 400 g/mol. The van der Waals surface area contributed by atoms with E-state index in [2.05, 4.69) is 23.1 Å². The second-order valence-corrected chi connectivity index (χ2v) is 6.62. The molecule has 0 spiro atoms. The first-order valence-electron chi connectivity index (χ1n) is 7.93. The number of anilines is 1. The molecule has 1 saturated carbocycles. The summed E-state index contributed by atoms with van der Waals surface area (Å²) in [5.41, 5.74) is -0.0857. The molecule has 2 amide bonds. The summed E-state index contributed by atoms with van der Waals surface area (Å²) < 4.78 is 34.9. The number of carbonyl (C=O) groups is 1. The molecule has 2 atom stereocenters. The predicted molar refractivity (Wildman–Crippen MR) is 97.8 cm³/mol. The highest BCUT2D eigenvalue weighted by Crippen LogP contribution is 2.48. The lowest BCUT2D eigenvalue weighted by atomic mass is 10.1. The normalized spacial score (nSPS) is 18.3. The molecule has 1 aliphatic carbocycles. The fourth-order valence-electron chi connectivity index (χ4n) is 2.69. The van der Waals surface area contributed by atoms with Crippen LogP contribution in [0.2, 0.25) is 5.02 Å². The van der Waals surface area contributed by atoms with Gasteiger partial charge in [0.2, 0.25) is 0 Å². The van der Waals surface area contributed by atoms with E-state index in [1.165, 1.54) is 24.4 Å². The van der Waals surface area contributed by atoms with Crippen molar-refractivity contribution in [3.8, 4) is 5.75 Å². The lowest BCUT2D eigenvalue weighted by molar-refractivity contribution is 0.237. The Morgan fingerprint density at radius 2 is 2.19 bits per heavy atom. The fraction of sp³-hybridized carbons (Fsp3) is 0.294. The maximum Gasteiger partial charge on any atom is 0.333 e. The van der Waals surface area contributed by atoms with E-state index in [1.54, 1.807) is 13.0 Å². The Bertz CT molecular complexity index is 822. The van der Waals surface area contributed by atoms with Crippen LogP contribution in [0.15, 0.2) is 30.5 Å². The molecule has 0 radical (unpaired) electrons. The van der Waals surface area contributed by atoms with Crippen LogP contribution in [0, 0.1) is 11.6 Å². The summed E-state index contributed by atoms with van der Waals surface area (Å²) in [6.07, 6.45) is 1.79. The number of carbonyl (C=O) groups excluding carboxylic acids is 1. The largest absolute Gasteiger partial charge is 0.491 e. The maximum atomic E-state index is 14.5. The molecule has 0 saturated heterocycles. The van der Waals surface area contributed by atoms with Crippen molar-refractivity contribution in [1.29, 1.82) is 0 Å². The highest BCUT2D eigenvalue weighted by Gasteiger charge is 2.47. The van der Waals surface area contributed by atoms with Crippen LogP contribution in [-0.2, 0) is 0 Å². The second-order valence-electron chi connectivity index (χ2n) is 5.75. The first kappa shape index (κ1) is 18.7. The van der Waals surface area contributed by atoms with E-state index in [-0.39, 0.29) is 17.9 Å². The summed E-state index contributed by atoms with van der Waals surface area (Å²) in [6.45, 7) is 1.98. The van der Waals surface area contributed by atoms with Gasteiger partial charge >= 0.3 is 6.03 Å². The van der Waals surface area contributed by atoms with Gasteiger partial charge < -0.3 is 4.74 Å². The molecule has 2 aromatic rings. The van der Waals surface area contributed by atoms with Crippen molar-refractivity contribution in [2.75, 3.05) is 11.9 Å². The van der Waals surface area contributed by atoms with Crippen molar-refractivity contribution in [3.63, 3.8) is 0 Å². The molecule has 2 unspecified atom stereocenters. The molecule has 26 heavy (non-hydrogen) atoms. The summed E-state index contributed by atoms with van der Waals surface area (Å²) in [6, 6.07) is 4.56. The van der Waals surface area contributed by atoms with Gasteiger partial charge in [-0.05, 0) is 37.6 Å². The van der Waals surface area contributed by atoms with Crippen LogP contribution in [0.25, 0.3) is 0 Å². The van der Waals surface area contributed by atoms with Crippen molar-refractivity contribution in [2.45, 2.75) is 25.3 Å². The highest BCUT2D eigenvalue weighted by atomic mass is 35.5. The minimum absolute atomic E-state index is 0.00456. The van der Waals surface area contributed by atoms with E-state index in [9.17, 15) is 13.6 Å². The smallest absolute Gasteiger partial charge is 0.333 e. The number of hydrogen-bond donors (Lipinski definition) is 2. The van der Waals surface area contributed by atoms with E-state index < -0.39 is 29.6 Å². The molecule has 1 aliphatic rings. The summed E-state index contributed by atoms with van der Waals surface area (Å²) in [7, 11) is 0. The van der Waals surface area contributed by atoms with Gasteiger partial charge in [-0.25, -0.2) is 18.6 Å². The number of pyridine rings is 1.